The number of rotatable bonds is 10. The molecule has 170 valence electrons. The summed E-state index contributed by atoms with van der Waals surface area (Å²) in [6.07, 6.45) is 1.72. The lowest BCUT2D eigenvalue weighted by Gasteiger charge is -2.11. The van der Waals surface area contributed by atoms with E-state index >= 15 is 0 Å². The minimum Gasteiger partial charge on any atom is -0.497 e. The number of hydrogen-bond acceptors (Lipinski definition) is 6. The smallest absolute Gasteiger partial charge is 0.335 e. The van der Waals surface area contributed by atoms with Crippen LogP contribution in [0.25, 0.3) is 0 Å². The number of nitrogens with one attached hydrogen (secondary N) is 1. The van der Waals surface area contributed by atoms with Crippen LogP contribution in [-0.2, 0) is 17.8 Å². The number of aromatic carboxylic acids is 1. The van der Waals surface area contributed by atoms with E-state index < -0.39 is 5.97 Å². The molecule has 33 heavy (non-hydrogen) atoms. The number of benzene rings is 3. The molecule has 0 aromatic heterocycles. The second kappa shape index (κ2) is 11.3. The van der Waals surface area contributed by atoms with Crippen LogP contribution in [-0.4, -0.2) is 37.4 Å². The molecule has 0 spiro atoms. The highest BCUT2D eigenvalue weighted by Crippen LogP contribution is 2.28. The Kier molecular flexibility index (Phi) is 8.02. The van der Waals surface area contributed by atoms with Crippen LogP contribution < -0.4 is 19.6 Å². The fraction of sp³-hybridized carbons (Fsp3) is 0.160. The molecule has 0 aliphatic heterocycles. The molecule has 3 aromatic rings. The molecular weight excluding hydrogens is 424 g/mol. The van der Waals surface area contributed by atoms with Gasteiger partial charge in [-0.15, -0.1) is 0 Å². The van der Waals surface area contributed by atoms with E-state index in [1.54, 1.807) is 49.6 Å². The molecule has 2 N–H and O–H groups in total. The first kappa shape index (κ1) is 23.3. The van der Waals surface area contributed by atoms with E-state index in [1.807, 2.05) is 12.1 Å². The third-order valence-electron chi connectivity index (χ3n) is 4.71. The number of methoxy groups -OCH3 is 2. The van der Waals surface area contributed by atoms with Crippen LogP contribution in [0.5, 0.6) is 17.2 Å². The van der Waals surface area contributed by atoms with Crippen molar-refractivity contribution >= 4 is 18.1 Å². The Morgan fingerprint density at radius 2 is 1.61 bits per heavy atom. The predicted molar refractivity (Wildman–Crippen MR) is 123 cm³/mol. The van der Waals surface area contributed by atoms with Crippen LogP contribution in [0.4, 0.5) is 0 Å². The Labute approximate surface area is 191 Å². The van der Waals surface area contributed by atoms with E-state index in [4.69, 9.17) is 19.3 Å². The topological polar surface area (TPSA) is 106 Å². The van der Waals surface area contributed by atoms with Gasteiger partial charge in [0.05, 0.1) is 32.4 Å². The van der Waals surface area contributed by atoms with E-state index in [0.717, 1.165) is 22.4 Å². The van der Waals surface area contributed by atoms with Crippen molar-refractivity contribution in [1.29, 1.82) is 0 Å². The molecule has 0 saturated heterocycles. The van der Waals surface area contributed by atoms with Crippen molar-refractivity contribution in [1.82, 2.24) is 5.43 Å². The monoisotopic (exact) mass is 448 g/mol. The summed E-state index contributed by atoms with van der Waals surface area (Å²) in [5.74, 6) is 0.552. The van der Waals surface area contributed by atoms with Gasteiger partial charge in [-0.1, -0.05) is 24.3 Å². The van der Waals surface area contributed by atoms with Crippen molar-refractivity contribution < 1.29 is 28.9 Å². The average molecular weight is 448 g/mol. The maximum absolute atomic E-state index is 12.1. The van der Waals surface area contributed by atoms with E-state index in [1.165, 1.54) is 25.5 Å². The van der Waals surface area contributed by atoms with Gasteiger partial charge in [0.15, 0.2) is 11.5 Å². The number of hydrazone groups is 1. The molecule has 0 radical (unpaired) electrons. The van der Waals surface area contributed by atoms with Gasteiger partial charge in [0.25, 0.3) is 0 Å². The lowest BCUT2D eigenvalue weighted by molar-refractivity contribution is -0.120. The molecule has 0 bridgehead atoms. The van der Waals surface area contributed by atoms with E-state index in [-0.39, 0.29) is 24.5 Å². The molecule has 3 aromatic carbocycles. The number of ether oxygens (including phenoxy) is 3. The molecule has 0 unspecified atom stereocenters. The SMILES string of the molecule is COc1ccc(CC(=O)N/N=C/c2ccc(OCc3ccc(C(=O)O)cc3)c(OC)c2)cc1. The van der Waals surface area contributed by atoms with Crippen molar-refractivity contribution in [3.05, 3.63) is 89.0 Å². The first-order valence-corrected chi connectivity index (χ1v) is 10.1. The lowest BCUT2D eigenvalue weighted by Crippen LogP contribution is -2.19. The van der Waals surface area contributed by atoms with E-state index in [2.05, 4.69) is 10.5 Å². The molecule has 0 heterocycles. The Hall–Kier alpha value is -4.33. The van der Waals surface area contributed by atoms with Crippen molar-refractivity contribution in [3.63, 3.8) is 0 Å². The van der Waals surface area contributed by atoms with Gasteiger partial charge >= 0.3 is 5.97 Å². The molecule has 0 aliphatic carbocycles. The van der Waals surface area contributed by atoms with Crippen LogP contribution in [0.2, 0.25) is 0 Å². The first-order valence-electron chi connectivity index (χ1n) is 10.1. The minimum absolute atomic E-state index is 0.199. The molecule has 8 nitrogen and oxygen atoms in total. The fourth-order valence-corrected chi connectivity index (χ4v) is 2.94. The van der Waals surface area contributed by atoms with Gasteiger partial charge in [-0.3, -0.25) is 4.79 Å². The summed E-state index contributed by atoms with van der Waals surface area (Å²) in [4.78, 5) is 23.0. The molecule has 0 atom stereocenters. The van der Waals surface area contributed by atoms with Gasteiger partial charge < -0.3 is 19.3 Å². The lowest BCUT2D eigenvalue weighted by atomic mass is 10.1. The Balaban J connectivity index is 1.55. The number of carbonyl (C=O) groups excluding carboxylic acids is 1. The number of carboxylic acid groups (broad SMARTS) is 1. The number of carboxylic acids is 1. The van der Waals surface area contributed by atoms with Gasteiger partial charge in [0, 0.05) is 0 Å². The Morgan fingerprint density at radius 3 is 2.24 bits per heavy atom. The number of carbonyl (C=O) groups is 2. The van der Waals surface area contributed by atoms with Crippen molar-refractivity contribution in [2.75, 3.05) is 14.2 Å². The maximum Gasteiger partial charge on any atom is 0.335 e. The zero-order valence-corrected chi connectivity index (χ0v) is 18.3. The summed E-state index contributed by atoms with van der Waals surface area (Å²) < 4.78 is 16.3. The van der Waals surface area contributed by atoms with Gasteiger partial charge in [-0.05, 0) is 59.2 Å². The third kappa shape index (κ3) is 6.83. The highest BCUT2D eigenvalue weighted by atomic mass is 16.5. The summed E-state index contributed by atoms with van der Waals surface area (Å²) in [6.45, 7) is 0.255. The van der Waals surface area contributed by atoms with Crippen LogP contribution >= 0.6 is 0 Å². The first-order chi connectivity index (χ1) is 16.0. The summed E-state index contributed by atoms with van der Waals surface area (Å²) in [7, 11) is 3.12. The number of nitrogens with zero attached hydrogens (tertiary/aromatic N) is 1. The van der Waals surface area contributed by atoms with Gasteiger partial charge in [-0.2, -0.15) is 5.10 Å². The highest BCUT2D eigenvalue weighted by Gasteiger charge is 2.07. The molecule has 3 rings (SSSR count). The number of hydrogen-bond donors (Lipinski definition) is 2. The molecule has 8 heteroatoms. The third-order valence-corrected chi connectivity index (χ3v) is 4.71. The molecule has 0 fully saturated rings. The van der Waals surface area contributed by atoms with Crippen molar-refractivity contribution in [2.45, 2.75) is 13.0 Å². The van der Waals surface area contributed by atoms with E-state index in [9.17, 15) is 9.59 Å². The van der Waals surface area contributed by atoms with Crippen molar-refractivity contribution in [3.8, 4) is 17.2 Å². The molecule has 0 aliphatic rings. The van der Waals surface area contributed by atoms with Crippen LogP contribution in [0.15, 0.2) is 71.8 Å². The van der Waals surface area contributed by atoms with Gasteiger partial charge in [0.1, 0.15) is 12.4 Å². The predicted octanol–water partition coefficient (Wildman–Crippen LogP) is 3.67. The normalized spacial score (nSPS) is 10.6. The van der Waals surface area contributed by atoms with Gasteiger partial charge in [0.2, 0.25) is 5.91 Å². The molecule has 1 amide bonds. The molecule has 0 saturated carbocycles. The summed E-state index contributed by atoms with van der Waals surface area (Å²) >= 11 is 0. The summed E-state index contributed by atoms with van der Waals surface area (Å²) in [6, 6.07) is 19.0. The van der Waals surface area contributed by atoms with Crippen LogP contribution in [0.3, 0.4) is 0 Å². The Bertz CT molecular complexity index is 1120. The average Bonchev–Trinajstić information content (AvgIpc) is 2.83. The Morgan fingerprint density at radius 1 is 0.909 bits per heavy atom. The van der Waals surface area contributed by atoms with Crippen LogP contribution in [0, 0.1) is 0 Å². The summed E-state index contributed by atoms with van der Waals surface area (Å²) in [5.41, 5.74) is 5.12. The fourth-order valence-electron chi connectivity index (χ4n) is 2.94. The minimum atomic E-state index is -0.974. The molecular formula is C25H24N2O6. The van der Waals surface area contributed by atoms with Crippen LogP contribution in [0.1, 0.15) is 27.0 Å². The van der Waals surface area contributed by atoms with Gasteiger partial charge in [-0.25, -0.2) is 10.2 Å². The van der Waals surface area contributed by atoms with Crippen molar-refractivity contribution in [2.24, 2.45) is 5.10 Å². The zero-order valence-electron chi connectivity index (χ0n) is 18.3. The quantitative estimate of drug-likeness (QED) is 0.362. The second-order valence-electron chi connectivity index (χ2n) is 7.02. The standard InChI is InChI=1S/C25H24N2O6/c1-31-21-10-5-17(6-11-21)14-24(28)27-26-15-19-7-12-22(23(13-19)32-2)33-16-18-3-8-20(9-4-18)25(29)30/h3-13,15H,14,16H2,1-2H3,(H,27,28)(H,29,30)/b26-15+. The zero-order chi connectivity index (χ0) is 23.6. The largest absolute Gasteiger partial charge is 0.497 e. The highest BCUT2D eigenvalue weighted by molar-refractivity contribution is 5.87. The number of amides is 1. The maximum atomic E-state index is 12.1. The second-order valence-corrected chi connectivity index (χ2v) is 7.02. The summed E-state index contributed by atoms with van der Waals surface area (Å²) in [5, 5.41) is 13.0. The van der Waals surface area contributed by atoms with E-state index in [0.29, 0.717) is 11.5 Å².